The van der Waals surface area contributed by atoms with Gasteiger partial charge >= 0.3 is 0 Å². The lowest BCUT2D eigenvalue weighted by atomic mass is 10.1. The fourth-order valence-electron chi connectivity index (χ4n) is 1.52. The molecular formula is C14H19BrO. The smallest absolute Gasteiger partial charge is 0.118 e. The summed E-state index contributed by atoms with van der Waals surface area (Å²) in [6.45, 7) is 2.22. The minimum atomic E-state index is 0.908. The summed E-state index contributed by atoms with van der Waals surface area (Å²) in [5, 5.41) is 0.957. The summed E-state index contributed by atoms with van der Waals surface area (Å²) in [5.41, 5.74) is 2.69. The molecule has 0 spiro atoms. The monoisotopic (exact) mass is 282 g/mol. The van der Waals surface area contributed by atoms with E-state index >= 15 is 0 Å². The molecule has 88 valence electrons. The summed E-state index contributed by atoms with van der Waals surface area (Å²) in [6.07, 6.45) is 5.93. The first-order chi connectivity index (χ1) is 7.80. The lowest BCUT2D eigenvalue weighted by Gasteiger charge is -2.04. The topological polar surface area (TPSA) is 9.23 Å². The van der Waals surface area contributed by atoms with Gasteiger partial charge in [-0.3, -0.25) is 0 Å². The molecule has 0 aliphatic heterocycles. The van der Waals surface area contributed by atoms with Crippen molar-refractivity contribution >= 4 is 22.0 Å². The van der Waals surface area contributed by atoms with Crippen molar-refractivity contribution in [3.8, 4) is 5.75 Å². The van der Waals surface area contributed by atoms with E-state index in [2.05, 4.69) is 41.1 Å². The van der Waals surface area contributed by atoms with Crippen molar-refractivity contribution in [1.29, 1.82) is 0 Å². The highest BCUT2D eigenvalue weighted by Gasteiger charge is 1.96. The Morgan fingerprint density at radius 2 is 2.00 bits per heavy atom. The van der Waals surface area contributed by atoms with Crippen molar-refractivity contribution in [2.45, 2.75) is 26.2 Å². The number of benzene rings is 1. The van der Waals surface area contributed by atoms with E-state index in [1.54, 1.807) is 7.11 Å². The summed E-state index contributed by atoms with van der Waals surface area (Å²) in [4.78, 5) is 0. The minimum absolute atomic E-state index is 0.908. The number of allylic oxidation sites excluding steroid dienone is 1. The van der Waals surface area contributed by atoms with Crippen LogP contribution in [0.4, 0.5) is 0 Å². The van der Waals surface area contributed by atoms with E-state index in [1.807, 2.05) is 12.1 Å². The lowest BCUT2D eigenvalue weighted by Crippen LogP contribution is -1.86. The van der Waals surface area contributed by atoms with E-state index in [1.165, 1.54) is 30.4 Å². The molecule has 0 N–H and O–H groups in total. The normalized spacial score (nSPS) is 11.6. The third-order valence-electron chi connectivity index (χ3n) is 2.51. The van der Waals surface area contributed by atoms with Crippen molar-refractivity contribution in [1.82, 2.24) is 0 Å². The van der Waals surface area contributed by atoms with Crippen LogP contribution in [0.1, 0.15) is 31.7 Å². The maximum atomic E-state index is 5.14. The van der Waals surface area contributed by atoms with Gasteiger partial charge in [0.25, 0.3) is 0 Å². The van der Waals surface area contributed by atoms with Gasteiger partial charge in [-0.25, -0.2) is 0 Å². The predicted octanol–water partition coefficient (Wildman–Crippen LogP) is 4.66. The molecule has 0 saturated carbocycles. The van der Waals surface area contributed by atoms with E-state index < -0.39 is 0 Å². The van der Waals surface area contributed by atoms with Gasteiger partial charge in [-0.05, 0) is 30.5 Å². The number of unbranched alkanes of at least 4 members (excludes halogenated alkanes) is 1. The second-order valence-electron chi connectivity index (χ2n) is 3.81. The molecule has 0 radical (unpaired) electrons. The highest BCUT2D eigenvalue weighted by molar-refractivity contribution is 9.09. The van der Waals surface area contributed by atoms with Crippen LogP contribution < -0.4 is 4.74 Å². The van der Waals surface area contributed by atoms with Gasteiger partial charge in [0.05, 0.1) is 7.11 Å². The number of methoxy groups -OCH3 is 1. The molecule has 16 heavy (non-hydrogen) atoms. The molecule has 0 saturated heterocycles. The third-order valence-corrected chi connectivity index (χ3v) is 3.23. The van der Waals surface area contributed by atoms with Gasteiger partial charge in [0.1, 0.15) is 5.75 Å². The second kappa shape index (κ2) is 7.50. The Morgan fingerprint density at radius 3 is 2.50 bits per heavy atom. The zero-order valence-electron chi connectivity index (χ0n) is 10.0. The van der Waals surface area contributed by atoms with Crippen LogP contribution in [0.2, 0.25) is 0 Å². The van der Waals surface area contributed by atoms with Crippen LogP contribution in [0.5, 0.6) is 5.75 Å². The minimum Gasteiger partial charge on any atom is -0.497 e. The van der Waals surface area contributed by atoms with Gasteiger partial charge in [0.2, 0.25) is 0 Å². The van der Waals surface area contributed by atoms with Crippen LogP contribution in [-0.4, -0.2) is 12.4 Å². The van der Waals surface area contributed by atoms with Crippen molar-refractivity contribution < 1.29 is 4.74 Å². The van der Waals surface area contributed by atoms with Crippen molar-refractivity contribution in [2.75, 3.05) is 12.4 Å². The Hall–Kier alpha value is -0.760. The average Bonchev–Trinajstić information content (AvgIpc) is 2.35. The highest BCUT2D eigenvalue weighted by Crippen LogP contribution is 2.17. The lowest BCUT2D eigenvalue weighted by molar-refractivity contribution is 0.415. The first kappa shape index (κ1) is 13.3. The van der Waals surface area contributed by atoms with Crippen LogP contribution in [-0.2, 0) is 0 Å². The quantitative estimate of drug-likeness (QED) is 0.690. The van der Waals surface area contributed by atoms with Crippen molar-refractivity contribution in [3.63, 3.8) is 0 Å². The van der Waals surface area contributed by atoms with Crippen LogP contribution >= 0.6 is 15.9 Å². The molecular weight excluding hydrogens is 264 g/mol. The molecule has 0 bridgehead atoms. The molecule has 1 aromatic carbocycles. The van der Waals surface area contributed by atoms with E-state index in [0.29, 0.717) is 0 Å². The molecule has 1 rings (SSSR count). The van der Waals surface area contributed by atoms with E-state index in [0.717, 1.165) is 11.1 Å². The Kier molecular flexibility index (Phi) is 6.24. The fraction of sp³-hybridized carbons (Fsp3) is 0.429. The Balaban J connectivity index is 2.70. The standard InChI is InChI=1S/C14H19BrO/c1-3-4-5-13(11-15)10-12-6-8-14(16-2)9-7-12/h6-10H,3-5,11H2,1-2H3. The van der Waals surface area contributed by atoms with E-state index in [9.17, 15) is 0 Å². The number of hydrogen-bond acceptors (Lipinski definition) is 1. The van der Waals surface area contributed by atoms with Gasteiger partial charge in [-0.15, -0.1) is 0 Å². The Morgan fingerprint density at radius 1 is 1.31 bits per heavy atom. The summed E-state index contributed by atoms with van der Waals surface area (Å²) in [7, 11) is 1.69. The predicted molar refractivity (Wildman–Crippen MR) is 74.3 cm³/mol. The number of halogens is 1. The molecule has 0 aromatic heterocycles. The van der Waals surface area contributed by atoms with Gasteiger partial charge < -0.3 is 4.74 Å². The molecule has 0 aliphatic rings. The molecule has 0 atom stereocenters. The molecule has 0 amide bonds. The first-order valence-electron chi connectivity index (χ1n) is 5.69. The Bertz CT molecular complexity index is 327. The third kappa shape index (κ3) is 4.40. The second-order valence-corrected chi connectivity index (χ2v) is 4.37. The Labute approximate surface area is 107 Å². The highest BCUT2D eigenvalue weighted by atomic mass is 79.9. The number of alkyl halides is 1. The van der Waals surface area contributed by atoms with Gasteiger partial charge in [-0.2, -0.15) is 0 Å². The average molecular weight is 283 g/mol. The molecule has 0 aliphatic carbocycles. The molecule has 1 nitrogen and oxygen atoms in total. The summed E-state index contributed by atoms with van der Waals surface area (Å²) < 4.78 is 5.14. The molecule has 2 heteroatoms. The zero-order valence-corrected chi connectivity index (χ0v) is 11.6. The van der Waals surface area contributed by atoms with Gasteiger partial charge in [0.15, 0.2) is 0 Å². The number of hydrogen-bond donors (Lipinski definition) is 0. The molecule has 1 aromatic rings. The molecule has 0 heterocycles. The van der Waals surface area contributed by atoms with Crippen molar-refractivity contribution in [2.24, 2.45) is 0 Å². The van der Waals surface area contributed by atoms with Gasteiger partial charge in [0, 0.05) is 5.33 Å². The van der Waals surface area contributed by atoms with Crippen LogP contribution in [0, 0.1) is 0 Å². The van der Waals surface area contributed by atoms with E-state index in [-0.39, 0.29) is 0 Å². The van der Waals surface area contributed by atoms with Crippen molar-refractivity contribution in [3.05, 3.63) is 35.4 Å². The summed E-state index contributed by atoms with van der Waals surface area (Å²) in [6, 6.07) is 8.18. The maximum Gasteiger partial charge on any atom is 0.118 e. The van der Waals surface area contributed by atoms with Gasteiger partial charge in [-0.1, -0.05) is 53.1 Å². The number of ether oxygens (including phenoxy) is 1. The van der Waals surface area contributed by atoms with E-state index in [4.69, 9.17) is 4.74 Å². The molecule has 0 unspecified atom stereocenters. The first-order valence-corrected chi connectivity index (χ1v) is 6.81. The zero-order chi connectivity index (χ0) is 11.8. The fourth-order valence-corrected chi connectivity index (χ4v) is 1.96. The maximum absolute atomic E-state index is 5.14. The molecule has 0 fully saturated rings. The SMILES string of the molecule is CCCCC(=Cc1ccc(OC)cc1)CBr. The largest absolute Gasteiger partial charge is 0.497 e. The number of rotatable bonds is 6. The summed E-state index contributed by atoms with van der Waals surface area (Å²) in [5.74, 6) is 0.908. The van der Waals surface area contributed by atoms with Crippen LogP contribution in [0.25, 0.3) is 6.08 Å². The van der Waals surface area contributed by atoms with Crippen LogP contribution in [0.15, 0.2) is 29.8 Å². The van der Waals surface area contributed by atoms with Crippen LogP contribution in [0.3, 0.4) is 0 Å². The summed E-state index contributed by atoms with van der Waals surface area (Å²) >= 11 is 3.54.